The lowest BCUT2D eigenvalue weighted by Gasteiger charge is -2.33. The fraction of sp³-hybridized carbons (Fsp3) is 0.389. The van der Waals surface area contributed by atoms with Crippen LogP contribution in [0.4, 0.5) is 13.6 Å². The molecule has 1 aromatic carbocycles. The molecule has 26 heavy (non-hydrogen) atoms. The molecule has 1 amide bonds. The molecule has 1 aliphatic heterocycles. The number of piperazine rings is 1. The molecular weight excluding hydrogens is 362 g/mol. The van der Waals surface area contributed by atoms with Crippen molar-refractivity contribution in [1.82, 2.24) is 10.2 Å². The molecule has 0 spiro atoms. The molecule has 2 heterocycles. The van der Waals surface area contributed by atoms with Gasteiger partial charge >= 0.3 is 6.09 Å². The Morgan fingerprint density at radius 3 is 2.77 bits per heavy atom. The van der Waals surface area contributed by atoms with E-state index in [4.69, 9.17) is 9.47 Å². The van der Waals surface area contributed by atoms with Gasteiger partial charge in [0.1, 0.15) is 30.6 Å². The first-order valence-corrected chi connectivity index (χ1v) is 9.25. The van der Waals surface area contributed by atoms with Gasteiger partial charge in [0.15, 0.2) is 0 Å². The minimum atomic E-state index is -0.800. The van der Waals surface area contributed by atoms with E-state index in [0.29, 0.717) is 19.6 Å². The molecule has 1 atom stereocenters. The highest BCUT2D eigenvalue weighted by Crippen LogP contribution is 2.23. The lowest BCUT2D eigenvalue weighted by molar-refractivity contribution is 0.0744. The van der Waals surface area contributed by atoms with Gasteiger partial charge in [-0.25, -0.2) is 13.6 Å². The predicted molar refractivity (Wildman–Crippen MR) is 94.2 cm³/mol. The average Bonchev–Trinajstić information content (AvgIpc) is 3.13. The van der Waals surface area contributed by atoms with Crippen molar-refractivity contribution in [3.05, 3.63) is 51.7 Å². The van der Waals surface area contributed by atoms with Gasteiger partial charge in [0, 0.05) is 37.8 Å². The summed E-state index contributed by atoms with van der Waals surface area (Å²) < 4.78 is 38.9. The van der Waals surface area contributed by atoms with Crippen molar-refractivity contribution in [2.45, 2.75) is 26.2 Å². The highest BCUT2D eigenvalue weighted by Gasteiger charge is 2.25. The van der Waals surface area contributed by atoms with Crippen molar-refractivity contribution in [3.63, 3.8) is 0 Å². The number of benzene rings is 1. The van der Waals surface area contributed by atoms with Gasteiger partial charge in [-0.2, -0.15) is 11.3 Å². The van der Waals surface area contributed by atoms with Crippen molar-refractivity contribution >= 4 is 17.4 Å². The molecule has 1 saturated heterocycles. The standard InChI is InChI=1S/C18H20F2N2O3S/c1-12-8-21-3-4-22(12)18(23)25-10-15-16(19)6-14(7-17(15)20)24-9-13-2-5-26-11-13/h2,5-7,11-12,21H,3-4,8-10H2,1H3/t12-/m1/s1. The van der Waals surface area contributed by atoms with E-state index in [1.54, 1.807) is 4.90 Å². The molecule has 1 N–H and O–H groups in total. The Hall–Kier alpha value is -2.19. The number of rotatable bonds is 5. The van der Waals surface area contributed by atoms with Crippen molar-refractivity contribution in [3.8, 4) is 5.75 Å². The number of carbonyl (C=O) groups is 1. The minimum Gasteiger partial charge on any atom is -0.489 e. The Morgan fingerprint density at radius 1 is 1.35 bits per heavy atom. The third kappa shape index (κ3) is 4.50. The Morgan fingerprint density at radius 2 is 2.12 bits per heavy atom. The summed E-state index contributed by atoms with van der Waals surface area (Å²) in [5.41, 5.74) is 0.642. The molecule has 0 aliphatic carbocycles. The van der Waals surface area contributed by atoms with E-state index in [2.05, 4.69) is 5.32 Å². The third-order valence-corrected chi connectivity index (χ3v) is 4.91. The van der Waals surface area contributed by atoms with Gasteiger partial charge in [-0.1, -0.05) is 0 Å². The van der Waals surface area contributed by atoms with Crippen LogP contribution in [0.15, 0.2) is 29.0 Å². The van der Waals surface area contributed by atoms with E-state index in [1.807, 2.05) is 23.8 Å². The van der Waals surface area contributed by atoms with Gasteiger partial charge in [-0.15, -0.1) is 0 Å². The highest BCUT2D eigenvalue weighted by molar-refractivity contribution is 7.07. The summed E-state index contributed by atoms with van der Waals surface area (Å²) in [7, 11) is 0. The summed E-state index contributed by atoms with van der Waals surface area (Å²) in [6.07, 6.45) is -0.574. The number of nitrogens with zero attached hydrogens (tertiary/aromatic N) is 1. The van der Waals surface area contributed by atoms with Crippen LogP contribution in [0.1, 0.15) is 18.1 Å². The number of hydrogen-bond acceptors (Lipinski definition) is 5. The van der Waals surface area contributed by atoms with Crippen LogP contribution >= 0.6 is 11.3 Å². The predicted octanol–water partition coefficient (Wildman–Crippen LogP) is 3.54. The fourth-order valence-electron chi connectivity index (χ4n) is 2.67. The second-order valence-corrected chi connectivity index (χ2v) is 6.87. The Bertz CT molecular complexity index is 732. The summed E-state index contributed by atoms with van der Waals surface area (Å²) in [5.74, 6) is -1.50. The highest BCUT2D eigenvalue weighted by atomic mass is 32.1. The Balaban J connectivity index is 1.60. The SMILES string of the molecule is C[C@@H]1CNCCN1C(=O)OCc1c(F)cc(OCc2ccsc2)cc1F. The maximum absolute atomic E-state index is 14.2. The number of hydrogen-bond donors (Lipinski definition) is 1. The van der Waals surface area contributed by atoms with Crippen LogP contribution in [0.2, 0.25) is 0 Å². The number of halogens is 2. The summed E-state index contributed by atoms with van der Waals surface area (Å²) in [6.45, 7) is 3.48. The fourth-order valence-corrected chi connectivity index (χ4v) is 3.32. The normalized spacial score (nSPS) is 17.2. The van der Waals surface area contributed by atoms with E-state index < -0.39 is 24.3 Å². The van der Waals surface area contributed by atoms with Crippen molar-refractivity contribution in [2.75, 3.05) is 19.6 Å². The first-order valence-electron chi connectivity index (χ1n) is 8.30. The molecule has 8 heteroatoms. The molecule has 3 rings (SSSR count). The van der Waals surface area contributed by atoms with Gasteiger partial charge < -0.3 is 19.7 Å². The average molecular weight is 382 g/mol. The van der Waals surface area contributed by atoms with Crippen LogP contribution in [0.5, 0.6) is 5.75 Å². The summed E-state index contributed by atoms with van der Waals surface area (Å²) in [4.78, 5) is 13.7. The quantitative estimate of drug-likeness (QED) is 0.860. The van der Waals surface area contributed by atoms with E-state index in [-0.39, 0.29) is 24.0 Å². The van der Waals surface area contributed by atoms with Crippen LogP contribution in [0.3, 0.4) is 0 Å². The summed E-state index contributed by atoms with van der Waals surface area (Å²) in [5, 5.41) is 6.96. The zero-order chi connectivity index (χ0) is 18.5. The maximum atomic E-state index is 14.2. The van der Waals surface area contributed by atoms with Gasteiger partial charge in [0.2, 0.25) is 0 Å². The van der Waals surface area contributed by atoms with Crippen molar-refractivity contribution < 1.29 is 23.0 Å². The zero-order valence-corrected chi connectivity index (χ0v) is 15.2. The molecule has 140 valence electrons. The molecular formula is C18H20F2N2O3S. The molecule has 0 bridgehead atoms. The van der Waals surface area contributed by atoms with Gasteiger partial charge in [0.05, 0.1) is 5.56 Å². The first-order chi connectivity index (χ1) is 12.5. The molecule has 2 aromatic rings. The number of ether oxygens (including phenoxy) is 2. The lowest BCUT2D eigenvalue weighted by atomic mass is 10.2. The molecule has 5 nitrogen and oxygen atoms in total. The number of carbonyl (C=O) groups excluding carboxylic acids is 1. The number of nitrogens with one attached hydrogen (secondary N) is 1. The molecule has 1 fully saturated rings. The summed E-state index contributed by atoms with van der Waals surface area (Å²) in [6, 6.07) is 4.05. The maximum Gasteiger partial charge on any atom is 0.410 e. The lowest BCUT2D eigenvalue weighted by Crippen LogP contribution is -2.52. The van der Waals surface area contributed by atoms with Crippen LogP contribution in [-0.2, 0) is 18.0 Å². The Labute approximate surface area is 154 Å². The van der Waals surface area contributed by atoms with Gasteiger partial charge in [-0.3, -0.25) is 0 Å². The van der Waals surface area contributed by atoms with Crippen LogP contribution in [0.25, 0.3) is 0 Å². The van der Waals surface area contributed by atoms with Crippen LogP contribution < -0.4 is 10.1 Å². The van der Waals surface area contributed by atoms with Gasteiger partial charge in [-0.05, 0) is 29.3 Å². The van der Waals surface area contributed by atoms with Crippen molar-refractivity contribution in [2.24, 2.45) is 0 Å². The molecule has 1 aliphatic rings. The molecule has 1 aromatic heterocycles. The number of amides is 1. The molecule has 0 radical (unpaired) electrons. The van der Waals surface area contributed by atoms with Gasteiger partial charge in [0.25, 0.3) is 0 Å². The third-order valence-electron chi connectivity index (χ3n) is 4.18. The number of thiophene rings is 1. The second-order valence-electron chi connectivity index (χ2n) is 6.09. The summed E-state index contributed by atoms with van der Waals surface area (Å²) >= 11 is 1.52. The smallest absolute Gasteiger partial charge is 0.410 e. The minimum absolute atomic E-state index is 0.0289. The molecule has 0 unspecified atom stereocenters. The Kier molecular flexibility index (Phi) is 6.05. The van der Waals surface area contributed by atoms with E-state index >= 15 is 0 Å². The van der Waals surface area contributed by atoms with Crippen LogP contribution in [0, 0.1) is 11.6 Å². The van der Waals surface area contributed by atoms with Crippen LogP contribution in [-0.4, -0.2) is 36.7 Å². The largest absolute Gasteiger partial charge is 0.489 e. The topological polar surface area (TPSA) is 50.8 Å². The monoisotopic (exact) mass is 382 g/mol. The zero-order valence-electron chi connectivity index (χ0n) is 14.3. The van der Waals surface area contributed by atoms with E-state index in [1.165, 1.54) is 11.3 Å². The van der Waals surface area contributed by atoms with Crippen molar-refractivity contribution in [1.29, 1.82) is 0 Å². The van der Waals surface area contributed by atoms with E-state index in [9.17, 15) is 13.6 Å². The second kappa shape index (κ2) is 8.46. The van der Waals surface area contributed by atoms with E-state index in [0.717, 1.165) is 17.7 Å². The molecule has 0 saturated carbocycles. The first kappa shape index (κ1) is 18.6.